The quantitative estimate of drug-likeness (QED) is 0.322. The molecule has 6 aromatic rings. The van der Waals surface area contributed by atoms with Crippen LogP contribution in [-0.4, -0.2) is 19.6 Å². The highest BCUT2D eigenvalue weighted by Gasteiger charge is 2.25. The molecule has 168 valence electrons. The highest BCUT2D eigenvalue weighted by Crippen LogP contribution is 2.41. The number of thiazole rings is 1. The normalized spacial score (nSPS) is 11.1. The molecule has 0 fully saturated rings. The van der Waals surface area contributed by atoms with Crippen molar-refractivity contribution < 1.29 is 4.39 Å². The fourth-order valence-electron chi connectivity index (χ4n) is 3.98. The van der Waals surface area contributed by atoms with Crippen molar-refractivity contribution in [3.05, 3.63) is 90.2 Å². The Balaban J connectivity index is 1.67. The van der Waals surface area contributed by atoms with Gasteiger partial charge in [-0.25, -0.2) is 18.9 Å². The summed E-state index contributed by atoms with van der Waals surface area (Å²) in [5.41, 5.74) is 10.5. The number of benzene rings is 3. The second-order valence-corrected chi connectivity index (χ2v) is 8.81. The Morgan fingerprint density at radius 1 is 0.943 bits per heavy atom. The van der Waals surface area contributed by atoms with Gasteiger partial charge in [-0.05, 0) is 48.5 Å². The number of rotatable bonds is 4. The lowest BCUT2D eigenvalue weighted by molar-refractivity contribution is 0.628. The number of nitrogen functional groups attached to an aromatic ring is 1. The predicted molar refractivity (Wildman–Crippen MR) is 136 cm³/mol. The number of para-hydroxylation sites is 2. The Morgan fingerprint density at radius 2 is 1.69 bits per heavy atom. The number of halogens is 1. The molecule has 0 aliphatic heterocycles. The molecule has 7 nitrogen and oxygen atoms in total. The molecule has 0 amide bonds. The number of fused-ring (bicyclic) bond motifs is 2. The number of anilines is 3. The van der Waals surface area contributed by atoms with E-state index in [0.29, 0.717) is 33.3 Å². The molecule has 0 spiro atoms. The first kappa shape index (κ1) is 20.8. The van der Waals surface area contributed by atoms with Gasteiger partial charge < -0.3 is 11.1 Å². The number of hydrogen-bond acceptors (Lipinski definition) is 7. The molecule has 0 saturated heterocycles. The molecule has 6 rings (SSSR count). The highest BCUT2D eigenvalue weighted by atomic mass is 32.1. The molecule has 3 aromatic heterocycles. The number of nitrogens with one attached hydrogen (secondary N) is 1. The largest absolute Gasteiger partial charge is 0.383 e. The van der Waals surface area contributed by atoms with Crippen LogP contribution >= 0.6 is 11.3 Å². The van der Waals surface area contributed by atoms with Gasteiger partial charge in [-0.1, -0.05) is 30.3 Å². The Hall–Kier alpha value is -4.81. The highest BCUT2D eigenvalue weighted by molar-refractivity contribution is 7.21. The van der Waals surface area contributed by atoms with Gasteiger partial charge in [0.15, 0.2) is 11.5 Å². The molecule has 3 heterocycles. The second kappa shape index (κ2) is 8.20. The number of nitrogens with two attached hydrogens (primary N) is 1. The molecule has 3 aromatic carbocycles. The summed E-state index contributed by atoms with van der Waals surface area (Å²) in [7, 11) is 0. The van der Waals surface area contributed by atoms with Gasteiger partial charge in [0, 0.05) is 11.3 Å². The average molecular weight is 478 g/mol. The lowest BCUT2D eigenvalue weighted by Gasteiger charge is -2.12. The summed E-state index contributed by atoms with van der Waals surface area (Å²) in [6.45, 7) is 0. The number of hydrogen-bond donors (Lipinski definition) is 2. The number of nitrogens with zero attached hydrogens (tertiary/aromatic N) is 5. The predicted octanol–water partition coefficient (Wildman–Crippen LogP) is 6.01. The zero-order chi connectivity index (χ0) is 23.9. The van der Waals surface area contributed by atoms with Crippen LogP contribution < -0.4 is 11.1 Å². The molecule has 9 heteroatoms. The third-order valence-corrected chi connectivity index (χ3v) is 6.62. The van der Waals surface area contributed by atoms with Gasteiger partial charge in [-0.2, -0.15) is 5.26 Å². The van der Waals surface area contributed by atoms with Crippen molar-refractivity contribution >= 4 is 44.5 Å². The molecule has 0 atom stereocenters. The maximum atomic E-state index is 13.8. The van der Waals surface area contributed by atoms with Crippen LogP contribution in [0.3, 0.4) is 0 Å². The molecule has 0 unspecified atom stereocenters. The van der Waals surface area contributed by atoms with E-state index in [4.69, 9.17) is 15.8 Å². The third-order valence-electron chi connectivity index (χ3n) is 5.57. The summed E-state index contributed by atoms with van der Waals surface area (Å²) < 4.78 is 16.4. The topological polar surface area (TPSA) is 105 Å². The van der Waals surface area contributed by atoms with Crippen molar-refractivity contribution in [2.45, 2.75) is 0 Å². The second-order valence-electron chi connectivity index (χ2n) is 7.78. The SMILES string of the molecule is N#Cc1c(Nc2ccccc2)nn2c(-c3ccc(F)cc3)c(-c3nc4ccccc4s3)c(N)nc12. The minimum Gasteiger partial charge on any atom is -0.383 e. The number of nitriles is 1. The summed E-state index contributed by atoms with van der Waals surface area (Å²) >= 11 is 1.48. The first-order valence-electron chi connectivity index (χ1n) is 10.7. The monoisotopic (exact) mass is 477 g/mol. The van der Waals surface area contributed by atoms with Gasteiger partial charge in [0.05, 0.1) is 21.5 Å². The van der Waals surface area contributed by atoms with Crippen molar-refractivity contribution in [3.63, 3.8) is 0 Å². The van der Waals surface area contributed by atoms with Crippen LogP contribution in [0.2, 0.25) is 0 Å². The summed E-state index contributed by atoms with van der Waals surface area (Å²) in [4.78, 5) is 9.34. The van der Waals surface area contributed by atoms with Crippen LogP contribution in [0.1, 0.15) is 5.56 Å². The van der Waals surface area contributed by atoms with Crippen LogP contribution in [0, 0.1) is 17.1 Å². The zero-order valence-electron chi connectivity index (χ0n) is 18.1. The fraction of sp³-hybridized carbons (Fsp3) is 0. The van der Waals surface area contributed by atoms with Crippen LogP contribution in [0.15, 0.2) is 78.9 Å². The van der Waals surface area contributed by atoms with Crippen LogP contribution in [0.5, 0.6) is 0 Å². The zero-order valence-corrected chi connectivity index (χ0v) is 18.9. The van der Waals surface area contributed by atoms with Crippen molar-refractivity contribution in [1.29, 1.82) is 5.26 Å². The molecule has 0 radical (unpaired) electrons. The Labute approximate surface area is 202 Å². The minimum atomic E-state index is -0.363. The molecule has 0 saturated carbocycles. The third kappa shape index (κ3) is 3.53. The summed E-state index contributed by atoms with van der Waals surface area (Å²) in [6.07, 6.45) is 0. The maximum absolute atomic E-state index is 13.8. The lowest BCUT2D eigenvalue weighted by atomic mass is 10.1. The summed E-state index contributed by atoms with van der Waals surface area (Å²) in [5.74, 6) is 0.187. The van der Waals surface area contributed by atoms with E-state index in [2.05, 4.69) is 16.4 Å². The van der Waals surface area contributed by atoms with Crippen molar-refractivity contribution in [1.82, 2.24) is 19.6 Å². The maximum Gasteiger partial charge on any atom is 0.178 e. The van der Waals surface area contributed by atoms with Gasteiger partial charge in [0.2, 0.25) is 0 Å². The molecule has 3 N–H and O–H groups in total. The van der Waals surface area contributed by atoms with Gasteiger partial charge in [0.1, 0.15) is 28.3 Å². The lowest BCUT2D eigenvalue weighted by Crippen LogP contribution is -2.05. The van der Waals surface area contributed by atoms with E-state index in [9.17, 15) is 9.65 Å². The van der Waals surface area contributed by atoms with E-state index in [1.54, 1.807) is 16.6 Å². The molecule has 0 aliphatic carbocycles. The smallest absolute Gasteiger partial charge is 0.178 e. The van der Waals surface area contributed by atoms with E-state index in [1.807, 2.05) is 54.6 Å². The van der Waals surface area contributed by atoms with E-state index in [-0.39, 0.29) is 17.2 Å². The fourth-order valence-corrected chi connectivity index (χ4v) is 5.00. The molecule has 35 heavy (non-hydrogen) atoms. The van der Waals surface area contributed by atoms with Crippen molar-refractivity contribution in [3.8, 4) is 27.9 Å². The molecule has 0 aliphatic rings. The standard InChI is InChI=1S/C26H16FN7S/c27-16-12-10-15(11-13-16)22-21(26-31-19-8-4-5-9-20(19)35-26)23(29)32-25-18(14-28)24(33-34(22)25)30-17-6-2-1-3-7-17/h1-13H,(H2,29,32)(H,30,33). The Bertz CT molecular complexity index is 1720. The number of aromatic nitrogens is 4. The average Bonchev–Trinajstić information content (AvgIpc) is 3.45. The molecular weight excluding hydrogens is 461 g/mol. The Morgan fingerprint density at radius 3 is 2.43 bits per heavy atom. The van der Waals surface area contributed by atoms with E-state index >= 15 is 0 Å². The van der Waals surface area contributed by atoms with Gasteiger partial charge in [-0.3, -0.25) is 0 Å². The van der Waals surface area contributed by atoms with Gasteiger partial charge in [0.25, 0.3) is 0 Å². The minimum absolute atomic E-state index is 0.207. The van der Waals surface area contributed by atoms with Crippen molar-refractivity contribution in [2.24, 2.45) is 0 Å². The first-order chi connectivity index (χ1) is 17.1. The van der Waals surface area contributed by atoms with E-state index in [0.717, 1.165) is 15.9 Å². The van der Waals surface area contributed by atoms with Crippen molar-refractivity contribution in [2.75, 3.05) is 11.1 Å². The summed E-state index contributed by atoms with van der Waals surface area (Å²) in [5, 5.41) is 18.5. The van der Waals surface area contributed by atoms with Crippen LogP contribution in [0.4, 0.5) is 21.7 Å². The molecular formula is C26H16FN7S. The van der Waals surface area contributed by atoms with E-state index in [1.165, 1.54) is 23.5 Å². The van der Waals surface area contributed by atoms with Crippen LogP contribution in [-0.2, 0) is 0 Å². The van der Waals surface area contributed by atoms with E-state index < -0.39 is 0 Å². The van der Waals surface area contributed by atoms with Crippen LogP contribution in [0.25, 0.3) is 37.7 Å². The first-order valence-corrected chi connectivity index (χ1v) is 11.5. The summed E-state index contributed by atoms with van der Waals surface area (Å²) in [6, 6.07) is 25.5. The van der Waals surface area contributed by atoms with Gasteiger partial charge >= 0.3 is 0 Å². The van der Waals surface area contributed by atoms with Gasteiger partial charge in [-0.15, -0.1) is 16.4 Å². The Kier molecular flexibility index (Phi) is 4.87. The molecule has 0 bridgehead atoms.